The van der Waals surface area contributed by atoms with Crippen LogP contribution >= 0.6 is 0 Å². The molecule has 0 heterocycles. The zero-order chi connectivity index (χ0) is 21.5. The molecule has 6 heteroatoms. The van der Waals surface area contributed by atoms with Gasteiger partial charge in [-0.05, 0) is 65.5 Å². The lowest BCUT2D eigenvalue weighted by Crippen LogP contribution is -2.23. The first-order valence-corrected chi connectivity index (χ1v) is 10.0. The molecule has 0 N–H and O–H groups in total. The van der Waals surface area contributed by atoms with Crippen LogP contribution < -0.4 is 4.74 Å². The van der Waals surface area contributed by atoms with E-state index in [1.54, 1.807) is 12.1 Å². The third-order valence-electron chi connectivity index (χ3n) is 5.93. The summed E-state index contributed by atoms with van der Waals surface area (Å²) in [6.07, 6.45) is -1.46. The average Bonchev–Trinajstić information content (AvgIpc) is 2.69. The zero-order valence-corrected chi connectivity index (χ0v) is 16.4. The van der Waals surface area contributed by atoms with E-state index in [0.29, 0.717) is 10.9 Å². The Morgan fingerprint density at radius 1 is 0.967 bits per heavy atom. The second-order valence-electron chi connectivity index (χ2n) is 7.77. The zero-order valence-electron chi connectivity index (χ0n) is 16.4. The molecule has 0 fully saturated rings. The van der Waals surface area contributed by atoms with Crippen LogP contribution in [-0.4, -0.2) is 6.36 Å². The fraction of sp³-hybridized carbons (Fsp3) is 0.333. The average molecular weight is 420 g/mol. The van der Waals surface area contributed by atoms with Crippen molar-refractivity contribution in [3.8, 4) is 5.75 Å². The second kappa shape index (κ2) is 7.89. The largest absolute Gasteiger partial charge is 0.573 e. The normalized spacial score (nSPS) is 19.0. The number of halogens is 5. The van der Waals surface area contributed by atoms with E-state index in [-0.39, 0.29) is 17.7 Å². The summed E-state index contributed by atoms with van der Waals surface area (Å²) >= 11 is 0. The molecule has 0 amide bonds. The van der Waals surface area contributed by atoms with Crippen LogP contribution in [0.3, 0.4) is 0 Å². The molecule has 1 aliphatic rings. The third kappa shape index (κ3) is 3.87. The van der Waals surface area contributed by atoms with Crippen molar-refractivity contribution >= 4 is 10.8 Å². The number of rotatable bonds is 4. The van der Waals surface area contributed by atoms with Crippen LogP contribution in [0.25, 0.3) is 10.8 Å². The Morgan fingerprint density at radius 3 is 2.47 bits per heavy atom. The molecule has 0 bridgehead atoms. The monoisotopic (exact) mass is 420 g/mol. The van der Waals surface area contributed by atoms with Gasteiger partial charge in [0.1, 0.15) is 5.82 Å². The molecule has 0 spiro atoms. The van der Waals surface area contributed by atoms with Crippen LogP contribution in [0.1, 0.15) is 48.8 Å². The molecule has 4 rings (SSSR count). The molecule has 0 radical (unpaired) electrons. The maximum Gasteiger partial charge on any atom is 0.573 e. The molecule has 0 aliphatic heterocycles. The topological polar surface area (TPSA) is 9.23 Å². The number of alkyl halides is 3. The van der Waals surface area contributed by atoms with E-state index >= 15 is 0 Å². The van der Waals surface area contributed by atoms with Crippen molar-refractivity contribution in [2.45, 2.75) is 44.9 Å². The van der Waals surface area contributed by atoms with E-state index in [9.17, 15) is 22.0 Å². The number of hydrogen-bond donors (Lipinski definition) is 0. The molecule has 158 valence electrons. The lowest BCUT2D eigenvalue weighted by Gasteiger charge is -2.35. The minimum absolute atomic E-state index is 0.171. The quantitative estimate of drug-likeness (QED) is 0.397. The fourth-order valence-corrected chi connectivity index (χ4v) is 4.77. The van der Waals surface area contributed by atoms with Crippen LogP contribution in [0.5, 0.6) is 5.75 Å². The number of ether oxygens (including phenoxy) is 1. The number of benzene rings is 3. The van der Waals surface area contributed by atoms with Gasteiger partial charge in [-0.2, -0.15) is 0 Å². The highest BCUT2D eigenvalue weighted by Gasteiger charge is 2.34. The first-order chi connectivity index (χ1) is 14.3. The summed E-state index contributed by atoms with van der Waals surface area (Å²) in [7, 11) is 0. The Balaban J connectivity index is 1.82. The Hall–Kier alpha value is -2.63. The van der Waals surface area contributed by atoms with Crippen LogP contribution in [0, 0.1) is 17.6 Å². The van der Waals surface area contributed by atoms with Gasteiger partial charge < -0.3 is 4.74 Å². The predicted octanol–water partition coefficient (Wildman–Crippen LogP) is 7.51. The van der Waals surface area contributed by atoms with Gasteiger partial charge in [0.25, 0.3) is 0 Å². The third-order valence-corrected chi connectivity index (χ3v) is 5.93. The Bertz CT molecular complexity index is 1070. The van der Waals surface area contributed by atoms with Crippen molar-refractivity contribution in [2.24, 2.45) is 5.92 Å². The first-order valence-electron chi connectivity index (χ1n) is 10.0. The summed E-state index contributed by atoms with van der Waals surface area (Å²) in [4.78, 5) is 0. The molecular weight excluding hydrogens is 399 g/mol. The van der Waals surface area contributed by atoms with Crippen LogP contribution in [-0.2, 0) is 6.42 Å². The number of hydrogen-bond acceptors (Lipinski definition) is 1. The summed E-state index contributed by atoms with van der Waals surface area (Å²) in [5.41, 5.74) is 2.62. The number of fused-ring (bicyclic) bond motifs is 3. The molecule has 0 saturated heterocycles. The molecule has 0 aromatic heterocycles. The minimum atomic E-state index is -4.95. The lowest BCUT2D eigenvalue weighted by molar-refractivity contribution is -0.275. The summed E-state index contributed by atoms with van der Waals surface area (Å²) < 4.78 is 70.0. The van der Waals surface area contributed by atoms with Crippen molar-refractivity contribution in [3.63, 3.8) is 0 Å². The molecule has 1 nitrogen and oxygen atoms in total. The van der Waals surface area contributed by atoms with Crippen molar-refractivity contribution in [2.75, 3.05) is 0 Å². The van der Waals surface area contributed by atoms with Gasteiger partial charge in [0.15, 0.2) is 11.6 Å². The van der Waals surface area contributed by atoms with E-state index in [4.69, 9.17) is 0 Å². The van der Waals surface area contributed by atoms with E-state index in [1.807, 2.05) is 12.1 Å². The second-order valence-corrected chi connectivity index (χ2v) is 7.77. The van der Waals surface area contributed by atoms with Crippen molar-refractivity contribution in [3.05, 3.63) is 76.9 Å². The summed E-state index contributed by atoms with van der Waals surface area (Å²) in [6, 6.07) is 12.3. The van der Waals surface area contributed by atoms with Crippen LogP contribution in [0.4, 0.5) is 22.0 Å². The molecular formula is C24H21F5O. The lowest BCUT2D eigenvalue weighted by atomic mass is 9.69. The van der Waals surface area contributed by atoms with E-state index in [1.165, 1.54) is 12.1 Å². The van der Waals surface area contributed by atoms with Crippen molar-refractivity contribution in [1.29, 1.82) is 0 Å². The van der Waals surface area contributed by atoms with Crippen molar-refractivity contribution < 1.29 is 26.7 Å². The Labute approximate surface area is 171 Å². The van der Waals surface area contributed by atoms with Crippen LogP contribution in [0.15, 0.2) is 48.5 Å². The van der Waals surface area contributed by atoms with Gasteiger partial charge in [-0.25, -0.2) is 8.78 Å². The summed E-state index contributed by atoms with van der Waals surface area (Å²) in [5, 5.41) is 1.38. The van der Waals surface area contributed by atoms with Crippen molar-refractivity contribution in [1.82, 2.24) is 0 Å². The summed E-state index contributed by atoms with van der Waals surface area (Å²) in [6.45, 7) is 2.07. The van der Waals surface area contributed by atoms with Gasteiger partial charge in [0.05, 0.1) is 0 Å². The molecule has 2 unspecified atom stereocenters. The van der Waals surface area contributed by atoms with Gasteiger partial charge in [-0.1, -0.05) is 43.7 Å². The van der Waals surface area contributed by atoms with Crippen LogP contribution in [0.2, 0.25) is 0 Å². The molecule has 30 heavy (non-hydrogen) atoms. The van der Waals surface area contributed by atoms with Gasteiger partial charge >= 0.3 is 6.36 Å². The first kappa shape index (κ1) is 20.6. The smallest absolute Gasteiger partial charge is 0.403 e. The SMILES string of the molecule is CCCC1CCc2c(ccc3c(F)cccc23)C1c1ccc(OC(F)(F)F)c(F)c1. The molecule has 2 atom stereocenters. The van der Waals surface area contributed by atoms with Gasteiger partial charge in [-0.15, -0.1) is 13.2 Å². The van der Waals surface area contributed by atoms with E-state index in [0.717, 1.165) is 54.3 Å². The van der Waals surface area contributed by atoms with E-state index < -0.39 is 17.9 Å². The van der Waals surface area contributed by atoms with Gasteiger partial charge in [0, 0.05) is 11.3 Å². The summed E-state index contributed by atoms with van der Waals surface area (Å²) in [5.74, 6) is -2.12. The van der Waals surface area contributed by atoms with Gasteiger partial charge in [-0.3, -0.25) is 0 Å². The highest BCUT2D eigenvalue weighted by molar-refractivity contribution is 5.88. The maximum absolute atomic E-state index is 14.5. The predicted molar refractivity (Wildman–Crippen MR) is 106 cm³/mol. The highest BCUT2D eigenvalue weighted by atomic mass is 19.4. The minimum Gasteiger partial charge on any atom is -0.403 e. The molecule has 0 saturated carbocycles. The standard InChI is InChI=1S/C24H21F5O/c1-2-4-14-7-9-17-16-5-3-6-20(25)18(16)10-11-19(17)23(14)15-8-12-22(21(26)13-15)30-24(27,28)29/h3,5-6,8,10-14,23H,2,4,7,9H2,1H3. The molecule has 3 aromatic carbocycles. The Kier molecular flexibility index (Phi) is 5.43. The molecule has 1 aliphatic carbocycles. The Morgan fingerprint density at radius 2 is 1.77 bits per heavy atom. The maximum atomic E-state index is 14.5. The fourth-order valence-electron chi connectivity index (χ4n) is 4.77. The molecule has 3 aromatic rings. The number of aryl methyl sites for hydroxylation is 1. The van der Waals surface area contributed by atoms with Gasteiger partial charge in [0.2, 0.25) is 0 Å². The van der Waals surface area contributed by atoms with E-state index in [2.05, 4.69) is 11.7 Å². The highest BCUT2D eigenvalue weighted by Crippen LogP contribution is 2.46.